The minimum atomic E-state index is -1.22. The summed E-state index contributed by atoms with van der Waals surface area (Å²) < 4.78 is 32.7. The van der Waals surface area contributed by atoms with Crippen LogP contribution < -0.4 is 0 Å². The van der Waals surface area contributed by atoms with Crippen molar-refractivity contribution in [1.29, 1.82) is 0 Å². The minimum absolute atomic E-state index is 0.00318. The third kappa shape index (κ3) is 5.98. The van der Waals surface area contributed by atoms with Crippen molar-refractivity contribution in [2.45, 2.75) is 51.9 Å². The fourth-order valence-electron chi connectivity index (χ4n) is 2.99. The van der Waals surface area contributed by atoms with Gasteiger partial charge >= 0.3 is 5.97 Å². The Hall–Kier alpha value is -2.56. The lowest BCUT2D eigenvalue weighted by Gasteiger charge is -2.10. The average molecular weight is 388 g/mol. The van der Waals surface area contributed by atoms with Gasteiger partial charge in [-0.25, -0.2) is 13.6 Å². The van der Waals surface area contributed by atoms with E-state index >= 15 is 0 Å². The Kier molecular flexibility index (Phi) is 8.79. The maximum atomic E-state index is 14.0. The van der Waals surface area contributed by atoms with E-state index in [0.717, 1.165) is 25.3 Å². The van der Waals surface area contributed by atoms with Gasteiger partial charge in [0.15, 0.2) is 17.4 Å². The van der Waals surface area contributed by atoms with Gasteiger partial charge in [-0.2, -0.15) is 0 Å². The van der Waals surface area contributed by atoms with Crippen LogP contribution >= 0.6 is 0 Å². The third-order valence-electron chi connectivity index (χ3n) is 4.57. The molecule has 0 amide bonds. The van der Waals surface area contributed by atoms with Crippen molar-refractivity contribution in [3.8, 4) is 0 Å². The second kappa shape index (κ2) is 11.3. The predicted molar refractivity (Wildman–Crippen MR) is 105 cm³/mol. The molecule has 0 bridgehead atoms. The van der Waals surface area contributed by atoms with E-state index in [2.05, 4.69) is 6.92 Å². The van der Waals surface area contributed by atoms with E-state index in [1.54, 1.807) is 12.1 Å². The minimum Gasteiger partial charge on any atom is -0.462 e. The van der Waals surface area contributed by atoms with Crippen LogP contribution in [0.5, 0.6) is 0 Å². The normalized spacial score (nSPS) is 10.7. The quantitative estimate of drug-likeness (QED) is 0.265. The molecule has 150 valence electrons. The standard InChI is InChI=1S/C23H26F2O3/c1-2-3-4-5-6-7-10-16-28-23(27)18-13-9-8-12-17(18)22(26)19-14-11-15-20(24)21(19)25/h8-9,11-15H,2-7,10,16H2,1H3. The molecule has 0 saturated heterocycles. The van der Waals surface area contributed by atoms with Gasteiger partial charge in [0, 0.05) is 5.56 Å². The molecule has 0 saturated carbocycles. The number of hydrogen-bond donors (Lipinski definition) is 0. The molecule has 0 aliphatic rings. The predicted octanol–water partition coefficient (Wildman–Crippen LogP) is 6.10. The van der Waals surface area contributed by atoms with Crippen molar-refractivity contribution in [2.75, 3.05) is 6.61 Å². The van der Waals surface area contributed by atoms with Crippen LogP contribution in [0, 0.1) is 11.6 Å². The van der Waals surface area contributed by atoms with Gasteiger partial charge in [0.1, 0.15) is 0 Å². The van der Waals surface area contributed by atoms with E-state index in [0.29, 0.717) is 0 Å². The van der Waals surface area contributed by atoms with Gasteiger partial charge < -0.3 is 4.74 Å². The Morgan fingerprint density at radius 1 is 0.786 bits per heavy atom. The van der Waals surface area contributed by atoms with E-state index in [-0.39, 0.29) is 17.7 Å². The highest BCUT2D eigenvalue weighted by molar-refractivity contribution is 6.14. The number of esters is 1. The summed E-state index contributed by atoms with van der Waals surface area (Å²) in [5, 5.41) is 0. The summed E-state index contributed by atoms with van der Waals surface area (Å²) in [5.41, 5.74) is -0.358. The first kappa shape index (κ1) is 21.7. The number of ether oxygens (including phenoxy) is 1. The Balaban J connectivity index is 1.96. The highest BCUT2D eigenvalue weighted by Crippen LogP contribution is 2.20. The molecule has 2 aromatic carbocycles. The van der Waals surface area contributed by atoms with Crippen molar-refractivity contribution < 1.29 is 23.1 Å². The van der Waals surface area contributed by atoms with Crippen LogP contribution in [0.15, 0.2) is 42.5 Å². The highest BCUT2D eigenvalue weighted by Gasteiger charge is 2.22. The lowest BCUT2D eigenvalue weighted by molar-refractivity contribution is 0.0495. The van der Waals surface area contributed by atoms with Crippen LogP contribution in [0.1, 0.15) is 78.1 Å². The fourth-order valence-corrected chi connectivity index (χ4v) is 2.99. The molecule has 28 heavy (non-hydrogen) atoms. The fraction of sp³-hybridized carbons (Fsp3) is 0.391. The van der Waals surface area contributed by atoms with Crippen molar-refractivity contribution in [3.05, 3.63) is 70.8 Å². The number of benzene rings is 2. The van der Waals surface area contributed by atoms with E-state index in [1.165, 1.54) is 49.9 Å². The molecule has 0 heterocycles. The SMILES string of the molecule is CCCCCCCCCOC(=O)c1ccccc1C(=O)c1cccc(F)c1F. The molecule has 0 fully saturated rings. The van der Waals surface area contributed by atoms with E-state index in [1.807, 2.05) is 0 Å². The lowest BCUT2D eigenvalue weighted by Crippen LogP contribution is -2.14. The number of carbonyl (C=O) groups is 2. The van der Waals surface area contributed by atoms with Crippen LogP contribution in [-0.2, 0) is 4.74 Å². The zero-order valence-electron chi connectivity index (χ0n) is 16.2. The number of carbonyl (C=O) groups excluding carboxylic acids is 2. The summed E-state index contributed by atoms with van der Waals surface area (Å²) >= 11 is 0. The van der Waals surface area contributed by atoms with Crippen molar-refractivity contribution in [2.24, 2.45) is 0 Å². The Bertz CT molecular complexity index is 802. The number of hydrogen-bond acceptors (Lipinski definition) is 3. The van der Waals surface area contributed by atoms with E-state index in [4.69, 9.17) is 4.74 Å². The molecule has 0 unspecified atom stereocenters. The lowest BCUT2D eigenvalue weighted by atomic mass is 9.98. The van der Waals surface area contributed by atoms with Gasteiger partial charge in [-0.3, -0.25) is 4.79 Å². The van der Waals surface area contributed by atoms with Gasteiger partial charge in [-0.15, -0.1) is 0 Å². The van der Waals surface area contributed by atoms with Crippen LogP contribution in [0.25, 0.3) is 0 Å². The summed E-state index contributed by atoms with van der Waals surface area (Å²) in [4.78, 5) is 25.0. The summed E-state index contributed by atoms with van der Waals surface area (Å²) in [6.45, 7) is 2.44. The molecular formula is C23H26F2O3. The Morgan fingerprint density at radius 3 is 2.11 bits per heavy atom. The number of halogens is 2. The zero-order chi connectivity index (χ0) is 20.4. The monoisotopic (exact) mass is 388 g/mol. The molecule has 2 rings (SSSR count). The third-order valence-corrected chi connectivity index (χ3v) is 4.57. The molecule has 5 heteroatoms. The van der Waals surface area contributed by atoms with Crippen LogP contribution in [-0.4, -0.2) is 18.4 Å². The molecule has 0 atom stereocenters. The molecule has 0 aliphatic heterocycles. The number of rotatable bonds is 11. The summed E-state index contributed by atoms with van der Waals surface area (Å²) in [6.07, 6.45) is 7.69. The number of ketones is 1. The Labute approximate surface area is 164 Å². The zero-order valence-corrected chi connectivity index (χ0v) is 16.2. The molecule has 0 aromatic heterocycles. The smallest absolute Gasteiger partial charge is 0.338 e. The van der Waals surface area contributed by atoms with Gasteiger partial charge in [-0.05, 0) is 24.6 Å². The molecule has 0 radical (unpaired) electrons. The number of unbranched alkanes of at least 4 members (excludes halogenated alkanes) is 6. The molecular weight excluding hydrogens is 362 g/mol. The average Bonchev–Trinajstić information content (AvgIpc) is 2.71. The second-order valence-corrected chi connectivity index (χ2v) is 6.73. The first-order valence-corrected chi connectivity index (χ1v) is 9.81. The van der Waals surface area contributed by atoms with Crippen LogP contribution in [0.2, 0.25) is 0 Å². The largest absolute Gasteiger partial charge is 0.462 e. The Morgan fingerprint density at radius 2 is 1.39 bits per heavy atom. The topological polar surface area (TPSA) is 43.4 Å². The van der Waals surface area contributed by atoms with Crippen LogP contribution in [0.4, 0.5) is 8.78 Å². The summed E-state index contributed by atoms with van der Waals surface area (Å²) in [5.74, 6) is -3.71. The highest BCUT2D eigenvalue weighted by atomic mass is 19.2. The van der Waals surface area contributed by atoms with Gasteiger partial charge in [0.05, 0.1) is 17.7 Å². The van der Waals surface area contributed by atoms with E-state index < -0.39 is 29.0 Å². The molecule has 2 aromatic rings. The second-order valence-electron chi connectivity index (χ2n) is 6.73. The van der Waals surface area contributed by atoms with Crippen molar-refractivity contribution in [3.63, 3.8) is 0 Å². The first-order valence-electron chi connectivity index (χ1n) is 9.81. The molecule has 0 N–H and O–H groups in total. The molecule has 3 nitrogen and oxygen atoms in total. The van der Waals surface area contributed by atoms with Crippen LogP contribution in [0.3, 0.4) is 0 Å². The first-order chi connectivity index (χ1) is 13.6. The van der Waals surface area contributed by atoms with Gasteiger partial charge in [0.25, 0.3) is 0 Å². The molecule has 0 spiro atoms. The van der Waals surface area contributed by atoms with Crippen molar-refractivity contribution in [1.82, 2.24) is 0 Å². The summed E-state index contributed by atoms with van der Waals surface area (Å²) in [6, 6.07) is 9.43. The van der Waals surface area contributed by atoms with Gasteiger partial charge in [0.2, 0.25) is 0 Å². The van der Waals surface area contributed by atoms with E-state index in [9.17, 15) is 18.4 Å². The van der Waals surface area contributed by atoms with Crippen molar-refractivity contribution >= 4 is 11.8 Å². The maximum Gasteiger partial charge on any atom is 0.338 e. The van der Waals surface area contributed by atoms with Gasteiger partial charge in [-0.1, -0.05) is 69.7 Å². The molecule has 0 aliphatic carbocycles. The maximum absolute atomic E-state index is 14.0. The summed E-state index contributed by atoms with van der Waals surface area (Å²) in [7, 11) is 0.